The Kier molecular flexibility index (Phi) is 5.42. The van der Waals surface area contributed by atoms with E-state index in [0.717, 1.165) is 27.2 Å². The molecule has 0 saturated carbocycles. The van der Waals surface area contributed by atoms with Gasteiger partial charge in [0.15, 0.2) is 0 Å². The summed E-state index contributed by atoms with van der Waals surface area (Å²) in [6.45, 7) is 9.25. The van der Waals surface area contributed by atoms with Crippen LogP contribution in [0, 0.1) is 0 Å². The first-order chi connectivity index (χ1) is 8.04. The summed E-state index contributed by atoms with van der Waals surface area (Å²) in [5, 5.41) is 1.41. The highest BCUT2D eigenvalue weighted by Gasteiger charge is 2.20. The second-order valence-electron chi connectivity index (χ2n) is 4.79. The van der Waals surface area contributed by atoms with E-state index in [1.54, 1.807) is 0 Å². The average molecular weight is 253 g/mol. The standard InChI is InChI=1S/C14H24NOP/c1-5-11-12(7-6-8-13(11)17-4)16-14(2,3)9-10-15/h6-8,17H,5,9-10,15H2,1-4H3. The number of rotatable bonds is 6. The van der Waals surface area contributed by atoms with Crippen LogP contribution in [0.3, 0.4) is 0 Å². The van der Waals surface area contributed by atoms with Crippen molar-refractivity contribution in [2.24, 2.45) is 5.73 Å². The number of benzene rings is 1. The fraction of sp³-hybridized carbons (Fsp3) is 0.571. The maximum Gasteiger partial charge on any atom is 0.123 e. The molecule has 17 heavy (non-hydrogen) atoms. The summed E-state index contributed by atoms with van der Waals surface area (Å²) in [6.07, 6.45) is 1.89. The topological polar surface area (TPSA) is 35.2 Å². The monoisotopic (exact) mass is 253 g/mol. The van der Waals surface area contributed by atoms with Crippen molar-refractivity contribution < 1.29 is 4.74 Å². The summed E-state index contributed by atoms with van der Waals surface area (Å²) in [7, 11) is 0.815. The van der Waals surface area contributed by atoms with Crippen LogP contribution < -0.4 is 15.8 Å². The quantitative estimate of drug-likeness (QED) is 0.791. The molecule has 0 aliphatic rings. The highest BCUT2D eigenvalue weighted by atomic mass is 31.1. The molecule has 0 aliphatic heterocycles. The van der Waals surface area contributed by atoms with E-state index in [2.05, 4.69) is 45.6 Å². The summed E-state index contributed by atoms with van der Waals surface area (Å²) < 4.78 is 6.13. The molecule has 0 spiro atoms. The zero-order chi connectivity index (χ0) is 12.9. The van der Waals surface area contributed by atoms with Crippen molar-refractivity contribution in [2.45, 2.75) is 39.2 Å². The van der Waals surface area contributed by atoms with Crippen molar-refractivity contribution in [1.29, 1.82) is 0 Å². The van der Waals surface area contributed by atoms with E-state index in [9.17, 15) is 0 Å². The van der Waals surface area contributed by atoms with Gasteiger partial charge in [-0.3, -0.25) is 0 Å². The molecule has 0 amide bonds. The van der Waals surface area contributed by atoms with E-state index < -0.39 is 0 Å². The second-order valence-corrected chi connectivity index (χ2v) is 5.82. The number of ether oxygens (including phenoxy) is 1. The van der Waals surface area contributed by atoms with Gasteiger partial charge in [-0.15, -0.1) is 0 Å². The number of hydrogen-bond acceptors (Lipinski definition) is 2. The molecule has 0 heterocycles. The van der Waals surface area contributed by atoms with Crippen LogP contribution in [0.25, 0.3) is 0 Å². The fourth-order valence-electron chi connectivity index (χ4n) is 1.96. The van der Waals surface area contributed by atoms with Crippen molar-refractivity contribution in [1.82, 2.24) is 0 Å². The lowest BCUT2D eigenvalue weighted by atomic mass is 10.0. The van der Waals surface area contributed by atoms with Gasteiger partial charge in [0.05, 0.1) is 0 Å². The molecular formula is C14H24NOP. The van der Waals surface area contributed by atoms with E-state index >= 15 is 0 Å². The van der Waals surface area contributed by atoms with Gasteiger partial charge in [-0.25, -0.2) is 0 Å². The molecule has 1 unspecified atom stereocenters. The summed E-state index contributed by atoms with van der Waals surface area (Å²) >= 11 is 0. The summed E-state index contributed by atoms with van der Waals surface area (Å²) in [5.41, 5.74) is 6.78. The highest BCUT2D eigenvalue weighted by Crippen LogP contribution is 2.26. The zero-order valence-electron chi connectivity index (χ0n) is 11.3. The summed E-state index contributed by atoms with van der Waals surface area (Å²) in [6, 6.07) is 6.35. The van der Waals surface area contributed by atoms with Gasteiger partial charge >= 0.3 is 0 Å². The lowest BCUT2D eigenvalue weighted by Gasteiger charge is -2.28. The largest absolute Gasteiger partial charge is 0.488 e. The number of hydrogen-bond donors (Lipinski definition) is 1. The van der Waals surface area contributed by atoms with Crippen molar-refractivity contribution >= 4 is 13.9 Å². The van der Waals surface area contributed by atoms with Crippen LogP contribution >= 0.6 is 8.58 Å². The molecule has 0 radical (unpaired) electrons. The first-order valence-electron chi connectivity index (χ1n) is 6.22. The Labute approximate surface area is 107 Å². The van der Waals surface area contributed by atoms with Crippen LogP contribution in [0.15, 0.2) is 18.2 Å². The molecule has 1 rings (SSSR count). The van der Waals surface area contributed by atoms with Gasteiger partial charge < -0.3 is 10.5 Å². The molecule has 1 aromatic rings. The van der Waals surface area contributed by atoms with Gasteiger partial charge in [0.25, 0.3) is 0 Å². The van der Waals surface area contributed by atoms with Gasteiger partial charge in [-0.1, -0.05) is 27.6 Å². The van der Waals surface area contributed by atoms with E-state index in [1.165, 1.54) is 10.9 Å². The number of nitrogens with two attached hydrogens (primary N) is 1. The first kappa shape index (κ1) is 14.5. The van der Waals surface area contributed by atoms with E-state index in [4.69, 9.17) is 10.5 Å². The van der Waals surface area contributed by atoms with Crippen molar-refractivity contribution in [3.05, 3.63) is 23.8 Å². The van der Waals surface area contributed by atoms with Crippen molar-refractivity contribution in [2.75, 3.05) is 13.2 Å². The lowest BCUT2D eigenvalue weighted by molar-refractivity contribution is 0.101. The predicted molar refractivity (Wildman–Crippen MR) is 78.1 cm³/mol. The smallest absolute Gasteiger partial charge is 0.123 e. The average Bonchev–Trinajstić information content (AvgIpc) is 2.27. The third-order valence-electron chi connectivity index (χ3n) is 2.89. The third kappa shape index (κ3) is 3.97. The molecule has 3 heteroatoms. The third-order valence-corrected chi connectivity index (χ3v) is 3.90. The summed E-state index contributed by atoms with van der Waals surface area (Å²) in [4.78, 5) is 0. The maximum absolute atomic E-state index is 6.13. The molecular weight excluding hydrogens is 229 g/mol. The molecule has 96 valence electrons. The Bertz CT molecular complexity index is 363. The van der Waals surface area contributed by atoms with Crippen LogP contribution in [0.5, 0.6) is 5.75 Å². The van der Waals surface area contributed by atoms with Crippen molar-refractivity contribution in [3.8, 4) is 5.75 Å². The molecule has 0 fully saturated rings. The van der Waals surface area contributed by atoms with E-state index in [0.29, 0.717) is 6.54 Å². The van der Waals surface area contributed by atoms with E-state index in [-0.39, 0.29) is 5.60 Å². The Morgan fingerprint density at radius 1 is 1.35 bits per heavy atom. The molecule has 0 bridgehead atoms. The Morgan fingerprint density at radius 2 is 2.06 bits per heavy atom. The van der Waals surface area contributed by atoms with Crippen molar-refractivity contribution in [3.63, 3.8) is 0 Å². The molecule has 0 aromatic heterocycles. The zero-order valence-corrected chi connectivity index (χ0v) is 12.3. The van der Waals surface area contributed by atoms with E-state index in [1.807, 2.05) is 0 Å². The van der Waals surface area contributed by atoms with Crippen LogP contribution in [-0.2, 0) is 6.42 Å². The van der Waals surface area contributed by atoms with Crippen LogP contribution in [0.4, 0.5) is 0 Å². The Hall–Kier alpha value is -0.590. The molecule has 0 aliphatic carbocycles. The molecule has 2 N–H and O–H groups in total. The summed E-state index contributed by atoms with van der Waals surface area (Å²) in [5.74, 6) is 1.03. The molecule has 1 aromatic carbocycles. The predicted octanol–water partition coefficient (Wildman–Crippen LogP) is 2.69. The van der Waals surface area contributed by atoms with Crippen LogP contribution in [-0.4, -0.2) is 18.8 Å². The van der Waals surface area contributed by atoms with Gasteiger partial charge in [0, 0.05) is 5.56 Å². The molecule has 0 saturated heterocycles. The van der Waals surface area contributed by atoms with Crippen LogP contribution in [0.2, 0.25) is 0 Å². The van der Waals surface area contributed by atoms with Gasteiger partial charge in [0.1, 0.15) is 11.4 Å². The van der Waals surface area contributed by atoms with Crippen LogP contribution in [0.1, 0.15) is 32.8 Å². The lowest BCUT2D eigenvalue weighted by Crippen LogP contribution is -2.31. The maximum atomic E-state index is 6.13. The minimum Gasteiger partial charge on any atom is -0.488 e. The van der Waals surface area contributed by atoms with Gasteiger partial charge in [0.2, 0.25) is 0 Å². The van der Waals surface area contributed by atoms with Gasteiger partial charge in [-0.2, -0.15) is 0 Å². The fourth-order valence-corrected chi connectivity index (χ4v) is 2.82. The minimum atomic E-state index is -0.186. The minimum absolute atomic E-state index is 0.186. The SMILES string of the molecule is CCc1c(OC(C)(C)CCN)cccc1PC. The Morgan fingerprint density at radius 3 is 2.59 bits per heavy atom. The molecule has 1 atom stereocenters. The first-order valence-corrected chi connectivity index (χ1v) is 7.72. The normalized spacial score (nSPS) is 12.3. The highest BCUT2D eigenvalue weighted by molar-refractivity contribution is 7.46. The second kappa shape index (κ2) is 6.37. The Balaban J connectivity index is 2.98. The molecule has 2 nitrogen and oxygen atoms in total. The van der Waals surface area contributed by atoms with Gasteiger partial charge in [-0.05, 0) is 51.3 Å².